The number of ketones is 1. The standard InChI is InChI=1S/C23H27NOS.C12H12S.C9H16N2.CO2.ClH/c1-14-2-3-17-12-20(26-22(17)21(14)16-4-5-16)19(25)13-18-15-6-10-24(11-7-15)23(18)8-9-23;1-8-2-3-10-6-7-13-12(10)11(8)9-4-5-9;10-8-7-1-5-11(6-2-7)9(8)3-4-9;2-1-3;/h2-3,12,15-16,18H,4-11,13H2,1H3;2-3,6-7,9H,4-5H2,1H3;7-8H,1-6,10H2;;1H/t18-;;8-;;/m1.1../s1. The predicted molar refractivity (Wildman–Crippen MR) is 222 cm³/mol. The average molecular weight is 787 g/mol. The van der Waals surface area contributed by atoms with Crippen LogP contribution in [0.3, 0.4) is 0 Å². The molecule has 4 aliphatic carbocycles. The number of piperidine rings is 6. The Morgan fingerprint density at radius 2 is 1.26 bits per heavy atom. The maximum absolute atomic E-state index is 13.2. The molecule has 9 heteroatoms. The minimum absolute atomic E-state index is 0. The predicted octanol–water partition coefficient (Wildman–Crippen LogP) is 10.0. The van der Waals surface area contributed by atoms with Gasteiger partial charge in [-0.05, 0) is 197 Å². The molecule has 6 nitrogen and oxygen atoms in total. The van der Waals surface area contributed by atoms with E-state index in [1.807, 2.05) is 11.3 Å². The molecule has 288 valence electrons. The number of Topliss-reactive ketones (excluding diaryl/α,β-unsaturated/α-hetero) is 1. The molecule has 6 aliphatic heterocycles. The van der Waals surface area contributed by atoms with Gasteiger partial charge in [-0.1, -0.05) is 24.3 Å². The van der Waals surface area contributed by atoms with Crippen molar-refractivity contribution in [3.63, 3.8) is 0 Å². The molecule has 2 N–H and O–H groups in total. The third-order valence-electron chi connectivity index (χ3n) is 14.7. The summed E-state index contributed by atoms with van der Waals surface area (Å²) in [5.74, 6) is 4.31. The number of thiophene rings is 2. The van der Waals surface area contributed by atoms with Crippen LogP contribution in [0.2, 0.25) is 0 Å². The summed E-state index contributed by atoms with van der Waals surface area (Å²) >= 11 is 3.68. The highest BCUT2D eigenvalue weighted by Crippen LogP contribution is 2.59. The molecule has 2 spiro atoms. The van der Waals surface area contributed by atoms with Crippen molar-refractivity contribution >= 4 is 67.2 Å². The third-order valence-corrected chi connectivity index (χ3v) is 16.9. The summed E-state index contributed by atoms with van der Waals surface area (Å²) < 4.78 is 2.92. The van der Waals surface area contributed by atoms with Crippen LogP contribution in [-0.2, 0) is 9.59 Å². The first-order valence-electron chi connectivity index (χ1n) is 20.5. The molecule has 0 unspecified atom stereocenters. The van der Waals surface area contributed by atoms with Gasteiger partial charge in [-0.25, -0.2) is 0 Å². The van der Waals surface area contributed by atoms with E-state index < -0.39 is 0 Å². The zero-order valence-electron chi connectivity index (χ0n) is 31.9. The highest BCUT2D eigenvalue weighted by atomic mass is 35.5. The zero-order valence-corrected chi connectivity index (χ0v) is 34.4. The Balaban J connectivity index is 0.000000123. The van der Waals surface area contributed by atoms with Gasteiger partial charge < -0.3 is 5.73 Å². The fraction of sp³-hybridized carbons (Fsp3) is 0.600. The van der Waals surface area contributed by atoms with Gasteiger partial charge in [0.2, 0.25) is 0 Å². The number of aryl methyl sites for hydroxylation is 2. The molecule has 0 radical (unpaired) electrons. The van der Waals surface area contributed by atoms with Crippen LogP contribution < -0.4 is 5.73 Å². The van der Waals surface area contributed by atoms with Crippen LogP contribution >= 0.6 is 35.1 Å². The Morgan fingerprint density at radius 1 is 0.741 bits per heavy atom. The largest absolute Gasteiger partial charge is 0.373 e. The van der Waals surface area contributed by atoms with Crippen LogP contribution in [0, 0.1) is 31.6 Å². The Morgan fingerprint density at radius 3 is 1.78 bits per heavy atom. The molecule has 54 heavy (non-hydrogen) atoms. The van der Waals surface area contributed by atoms with E-state index in [2.05, 4.69) is 65.4 Å². The lowest BCUT2D eigenvalue weighted by Crippen LogP contribution is -2.63. The number of hydrogen-bond acceptors (Lipinski definition) is 8. The van der Waals surface area contributed by atoms with Crippen molar-refractivity contribution in [3.8, 4) is 0 Å². The number of rotatable bonds is 5. The first-order valence-corrected chi connectivity index (χ1v) is 22.2. The van der Waals surface area contributed by atoms with Gasteiger partial charge >= 0.3 is 6.15 Å². The fourth-order valence-corrected chi connectivity index (χ4v) is 13.7. The lowest BCUT2D eigenvalue weighted by atomic mass is 9.70. The van der Waals surface area contributed by atoms with Crippen molar-refractivity contribution in [2.24, 2.45) is 23.5 Å². The summed E-state index contributed by atoms with van der Waals surface area (Å²) in [6.07, 6.45) is 17.3. The van der Waals surface area contributed by atoms with Crippen molar-refractivity contribution in [3.05, 3.63) is 68.9 Å². The van der Waals surface area contributed by atoms with Crippen molar-refractivity contribution in [2.45, 2.75) is 126 Å². The maximum Gasteiger partial charge on any atom is 0.373 e. The minimum atomic E-state index is 0. The summed E-state index contributed by atoms with van der Waals surface area (Å²) in [6.45, 7) is 9.70. The SMILES string of the molecule is Cc1ccc2cc(C(=O)C[C@@H]3C4CCN(CC4)C34CC4)sc2c1C1CC1.Cc1ccc2ccsc2c1C1CC1.Cl.N[C@@H]1C2CCN(CC2)C12CC2.O=C=O. The number of nitrogens with zero attached hydrogens (tertiary/aromatic N) is 2. The Bertz CT molecular complexity index is 2030. The number of carbonyl (C=O) groups is 1. The van der Waals surface area contributed by atoms with Gasteiger partial charge in [0.05, 0.1) is 4.88 Å². The van der Waals surface area contributed by atoms with Crippen molar-refractivity contribution < 1.29 is 14.4 Å². The molecule has 4 aromatic rings. The first kappa shape index (κ1) is 38.5. The Labute approximate surface area is 334 Å². The smallest absolute Gasteiger partial charge is 0.326 e. The van der Waals surface area contributed by atoms with Gasteiger partial charge in [0.25, 0.3) is 0 Å². The summed E-state index contributed by atoms with van der Waals surface area (Å²) in [4.78, 5) is 35.9. The molecule has 0 amide bonds. The summed E-state index contributed by atoms with van der Waals surface area (Å²) in [6, 6.07) is 13.9. The number of nitrogens with two attached hydrogens (primary N) is 1. The van der Waals surface area contributed by atoms with E-state index in [-0.39, 0.29) is 18.6 Å². The molecule has 2 atom stereocenters. The van der Waals surface area contributed by atoms with E-state index in [4.69, 9.17) is 15.3 Å². The molecule has 14 rings (SSSR count). The Kier molecular flexibility index (Phi) is 10.8. The molecular weight excluding hydrogens is 730 g/mol. The summed E-state index contributed by atoms with van der Waals surface area (Å²) in [5.41, 5.74) is 13.2. The zero-order chi connectivity index (χ0) is 36.5. The molecule has 2 aromatic carbocycles. The van der Waals surface area contributed by atoms with Gasteiger partial charge in [0.15, 0.2) is 5.78 Å². The van der Waals surface area contributed by atoms with Gasteiger partial charge in [0.1, 0.15) is 0 Å². The molecular formula is C45H56ClN3O3S2. The Hall–Kier alpha value is -2.42. The lowest BCUT2D eigenvalue weighted by molar-refractivity contribution is -0.191. The quantitative estimate of drug-likeness (QED) is 0.203. The van der Waals surface area contributed by atoms with E-state index in [9.17, 15) is 4.79 Å². The second kappa shape index (κ2) is 15.2. The van der Waals surface area contributed by atoms with Crippen LogP contribution in [-0.4, -0.2) is 65.0 Å². The van der Waals surface area contributed by atoms with E-state index in [1.54, 1.807) is 16.9 Å². The molecule has 8 heterocycles. The van der Waals surface area contributed by atoms with Crippen LogP contribution in [0.1, 0.15) is 127 Å². The lowest BCUT2D eigenvalue weighted by Gasteiger charge is -2.52. The van der Waals surface area contributed by atoms with E-state index >= 15 is 0 Å². The van der Waals surface area contributed by atoms with E-state index in [1.165, 1.54) is 140 Å². The summed E-state index contributed by atoms with van der Waals surface area (Å²) in [7, 11) is 0. The second-order valence-electron chi connectivity index (χ2n) is 17.7. The molecule has 2 aromatic heterocycles. The molecule has 4 saturated carbocycles. The number of fused-ring (bicyclic) bond motifs is 6. The second-order valence-corrected chi connectivity index (χ2v) is 19.7. The van der Waals surface area contributed by atoms with Crippen LogP contribution in [0.5, 0.6) is 0 Å². The average Bonchev–Trinajstić information content (AvgIpc) is 3.98. The molecule has 10 fully saturated rings. The van der Waals surface area contributed by atoms with Crippen LogP contribution in [0.25, 0.3) is 20.2 Å². The topological polar surface area (TPSA) is 83.7 Å². The minimum Gasteiger partial charge on any atom is -0.326 e. The monoisotopic (exact) mass is 785 g/mol. The van der Waals surface area contributed by atoms with Crippen LogP contribution in [0.15, 0.2) is 41.8 Å². The highest BCUT2D eigenvalue weighted by Gasteiger charge is 2.60. The fourth-order valence-electron chi connectivity index (χ4n) is 11.3. The number of hydrogen-bond donors (Lipinski definition) is 1. The van der Waals surface area contributed by atoms with Gasteiger partial charge in [-0.15, -0.1) is 35.1 Å². The summed E-state index contributed by atoms with van der Waals surface area (Å²) in [5, 5.41) is 4.93. The number of carbonyl (C=O) groups excluding carboxylic acids is 3. The molecule has 10 aliphatic rings. The highest BCUT2D eigenvalue weighted by molar-refractivity contribution is 7.21. The van der Waals surface area contributed by atoms with Crippen molar-refractivity contribution in [2.75, 3.05) is 26.2 Å². The van der Waals surface area contributed by atoms with Gasteiger partial charge in [0, 0.05) is 32.9 Å². The number of halogens is 1. The van der Waals surface area contributed by atoms with Gasteiger partial charge in [-0.3, -0.25) is 14.6 Å². The van der Waals surface area contributed by atoms with E-state index in [0.29, 0.717) is 28.8 Å². The molecule has 6 saturated heterocycles. The van der Waals surface area contributed by atoms with Crippen LogP contribution in [0.4, 0.5) is 0 Å². The first-order chi connectivity index (χ1) is 25.8. The maximum atomic E-state index is 13.2. The van der Waals surface area contributed by atoms with E-state index in [0.717, 1.165) is 35.0 Å². The van der Waals surface area contributed by atoms with Crippen molar-refractivity contribution in [1.82, 2.24) is 9.80 Å². The third kappa shape index (κ3) is 6.97. The van der Waals surface area contributed by atoms with Crippen molar-refractivity contribution in [1.29, 1.82) is 0 Å². The number of benzene rings is 2. The molecule has 4 bridgehead atoms. The normalized spacial score (nSPS) is 29.9. The van der Waals surface area contributed by atoms with Gasteiger partial charge in [-0.2, -0.15) is 9.59 Å².